The molecule has 1 aliphatic carbocycles. The third kappa shape index (κ3) is 3.51. The summed E-state index contributed by atoms with van der Waals surface area (Å²) in [6, 6.07) is 6.10. The first kappa shape index (κ1) is 18.2. The third-order valence-electron chi connectivity index (χ3n) is 6.00. The van der Waals surface area contributed by atoms with Crippen molar-refractivity contribution < 1.29 is 4.79 Å². The summed E-state index contributed by atoms with van der Waals surface area (Å²) in [6.45, 7) is 6.06. The van der Waals surface area contributed by atoms with Gasteiger partial charge in [-0.15, -0.1) is 0 Å². The Labute approximate surface area is 170 Å². The maximum absolute atomic E-state index is 13.5. The first-order valence-electron chi connectivity index (χ1n) is 10.3. The molecule has 1 saturated heterocycles. The van der Waals surface area contributed by atoms with Crippen LogP contribution in [0.15, 0.2) is 30.6 Å². The topological polar surface area (TPSA) is 67.2 Å². The number of aromatic nitrogens is 4. The number of carbonyl (C=O) groups excluding carboxylic acids is 1. The Morgan fingerprint density at radius 1 is 1.21 bits per heavy atom. The molecule has 0 unspecified atom stereocenters. The number of aryl methyl sites for hydroxylation is 2. The summed E-state index contributed by atoms with van der Waals surface area (Å²) in [6.07, 6.45) is 6.04. The molecular formula is C22H26N6O. The molecule has 0 spiro atoms. The maximum atomic E-state index is 13.5. The van der Waals surface area contributed by atoms with Crippen LogP contribution in [0.1, 0.15) is 46.1 Å². The van der Waals surface area contributed by atoms with Gasteiger partial charge in [-0.25, -0.2) is 4.98 Å². The number of pyridine rings is 2. The summed E-state index contributed by atoms with van der Waals surface area (Å²) in [5, 5.41) is 5.43. The quantitative estimate of drug-likeness (QED) is 0.685. The predicted molar refractivity (Wildman–Crippen MR) is 111 cm³/mol. The largest absolute Gasteiger partial charge is 0.336 e. The van der Waals surface area contributed by atoms with E-state index in [0.717, 1.165) is 73.6 Å². The molecule has 3 aromatic heterocycles. The Bertz CT molecular complexity index is 1050. The highest BCUT2D eigenvalue weighted by Crippen LogP contribution is 2.40. The summed E-state index contributed by atoms with van der Waals surface area (Å²) in [4.78, 5) is 26.8. The molecule has 2 fully saturated rings. The maximum Gasteiger partial charge on any atom is 0.254 e. The summed E-state index contributed by atoms with van der Waals surface area (Å²) in [5.74, 6) is 0.605. The van der Waals surface area contributed by atoms with Gasteiger partial charge in [-0.1, -0.05) is 6.07 Å². The van der Waals surface area contributed by atoms with Gasteiger partial charge >= 0.3 is 0 Å². The van der Waals surface area contributed by atoms with E-state index in [-0.39, 0.29) is 5.91 Å². The summed E-state index contributed by atoms with van der Waals surface area (Å²) in [5.41, 5.74) is 4.71. The molecule has 1 saturated carbocycles. The highest BCUT2D eigenvalue weighted by molar-refractivity contribution is 6.06. The number of carbonyl (C=O) groups is 1. The molecule has 5 rings (SSSR count). The monoisotopic (exact) mass is 390 g/mol. The molecule has 4 heterocycles. The van der Waals surface area contributed by atoms with Crippen molar-refractivity contribution in [2.24, 2.45) is 7.05 Å². The number of hydrogen-bond donors (Lipinski definition) is 0. The Morgan fingerprint density at radius 2 is 2.00 bits per heavy atom. The van der Waals surface area contributed by atoms with E-state index in [2.05, 4.69) is 21.0 Å². The molecule has 1 amide bonds. The van der Waals surface area contributed by atoms with E-state index in [1.54, 1.807) is 10.9 Å². The van der Waals surface area contributed by atoms with Crippen LogP contribution in [0.25, 0.3) is 11.0 Å². The van der Waals surface area contributed by atoms with Gasteiger partial charge < -0.3 is 4.90 Å². The van der Waals surface area contributed by atoms with Crippen LogP contribution < -0.4 is 0 Å². The van der Waals surface area contributed by atoms with Crippen molar-refractivity contribution in [1.29, 1.82) is 0 Å². The zero-order valence-electron chi connectivity index (χ0n) is 17.0. The van der Waals surface area contributed by atoms with Crippen molar-refractivity contribution in [2.45, 2.75) is 32.2 Å². The number of fused-ring (bicyclic) bond motifs is 1. The lowest BCUT2D eigenvalue weighted by molar-refractivity contribution is 0.0630. The van der Waals surface area contributed by atoms with Crippen LogP contribution in [0, 0.1) is 6.92 Å². The van der Waals surface area contributed by atoms with E-state index in [0.29, 0.717) is 5.92 Å². The minimum atomic E-state index is 0.108. The standard InChI is InChI=1S/C22H26N6O/c1-15-20-18(12-19(17-5-6-17)24-21(20)26(2)25-15)22(29)28-10-8-27(9-11-28)14-16-4-3-7-23-13-16/h3-4,7,12-13,17H,5-6,8-11,14H2,1-2H3. The van der Waals surface area contributed by atoms with Crippen molar-refractivity contribution in [3.05, 3.63) is 53.1 Å². The molecule has 1 aliphatic heterocycles. The lowest BCUT2D eigenvalue weighted by Gasteiger charge is -2.35. The Morgan fingerprint density at radius 3 is 2.69 bits per heavy atom. The van der Waals surface area contributed by atoms with Gasteiger partial charge in [-0.2, -0.15) is 5.10 Å². The van der Waals surface area contributed by atoms with Crippen LogP contribution in [0.5, 0.6) is 0 Å². The summed E-state index contributed by atoms with van der Waals surface area (Å²) >= 11 is 0. The molecule has 3 aromatic rings. The number of nitrogens with zero attached hydrogens (tertiary/aromatic N) is 6. The number of piperazine rings is 1. The van der Waals surface area contributed by atoms with E-state index < -0.39 is 0 Å². The highest BCUT2D eigenvalue weighted by atomic mass is 16.2. The lowest BCUT2D eigenvalue weighted by atomic mass is 10.1. The first-order valence-corrected chi connectivity index (χ1v) is 10.3. The molecule has 0 aromatic carbocycles. The summed E-state index contributed by atoms with van der Waals surface area (Å²) < 4.78 is 1.80. The Balaban J connectivity index is 1.36. The second-order valence-electron chi connectivity index (χ2n) is 8.21. The molecule has 0 bridgehead atoms. The smallest absolute Gasteiger partial charge is 0.254 e. The fourth-order valence-corrected chi connectivity index (χ4v) is 4.25. The molecule has 150 valence electrons. The average Bonchev–Trinajstić information content (AvgIpc) is 3.55. The molecule has 2 aliphatic rings. The zero-order chi connectivity index (χ0) is 20.0. The predicted octanol–water partition coefficient (Wildman–Crippen LogP) is 2.51. The van der Waals surface area contributed by atoms with E-state index in [4.69, 9.17) is 4.98 Å². The molecule has 7 heteroatoms. The van der Waals surface area contributed by atoms with Crippen molar-refractivity contribution in [2.75, 3.05) is 26.2 Å². The normalized spacial score (nSPS) is 17.8. The van der Waals surface area contributed by atoms with E-state index in [9.17, 15) is 4.79 Å². The van der Waals surface area contributed by atoms with Gasteiger partial charge in [-0.3, -0.25) is 19.4 Å². The van der Waals surface area contributed by atoms with E-state index >= 15 is 0 Å². The van der Waals surface area contributed by atoms with Gasteiger partial charge in [0.15, 0.2) is 5.65 Å². The second kappa shape index (κ2) is 7.22. The van der Waals surface area contributed by atoms with Crippen LogP contribution in [0.3, 0.4) is 0 Å². The molecule has 0 N–H and O–H groups in total. The minimum absolute atomic E-state index is 0.108. The molecule has 29 heavy (non-hydrogen) atoms. The van der Waals surface area contributed by atoms with Gasteiger partial charge in [0.25, 0.3) is 5.91 Å². The second-order valence-corrected chi connectivity index (χ2v) is 8.21. The minimum Gasteiger partial charge on any atom is -0.336 e. The van der Waals surface area contributed by atoms with Crippen LogP contribution in [-0.4, -0.2) is 61.6 Å². The SMILES string of the molecule is Cc1nn(C)c2nc(C3CC3)cc(C(=O)N3CCN(Cc4cccnc4)CC3)c12. The number of hydrogen-bond acceptors (Lipinski definition) is 5. The van der Waals surface area contributed by atoms with Gasteiger partial charge in [0.1, 0.15) is 0 Å². The number of amides is 1. The van der Waals surface area contributed by atoms with E-state index in [1.807, 2.05) is 37.2 Å². The average molecular weight is 390 g/mol. The van der Waals surface area contributed by atoms with Crippen LogP contribution in [0.4, 0.5) is 0 Å². The Hall–Kier alpha value is -2.80. The fourth-order valence-electron chi connectivity index (χ4n) is 4.25. The molecular weight excluding hydrogens is 364 g/mol. The van der Waals surface area contributed by atoms with Crippen molar-refractivity contribution in [1.82, 2.24) is 29.5 Å². The van der Waals surface area contributed by atoms with Crippen molar-refractivity contribution >= 4 is 16.9 Å². The molecule has 0 radical (unpaired) electrons. The number of rotatable bonds is 4. The molecule has 0 atom stereocenters. The van der Waals surface area contributed by atoms with Gasteiger partial charge in [0.2, 0.25) is 0 Å². The third-order valence-corrected chi connectivity index (χ3v) is 6.00. The van der Waals surface area contributed by atoms with E-state index in [1.165, 1.54) is 5.56 Å². The van der Waals surface area contributed by atoms with Crippen molar-refractivity contribution in [3.63, 3.8) is 0 Å². The highest BCUT2D eigenvalue weighted by Gasteiger charge is 2.30. The van der Waals surface area contributed by atoms with Gasteiger partial charge in [0.05, 0.1) is 16.6 Å². The fraction of sp³-hybridized carbons (Fsp3) is 0.455. The van der Waals surface area contributed by atoms with Gasteiger partial charge in [0, 0.05) is 63.8 Å². The summed E-state index contributed by atoms with van der Waals surface area (Å²) in [7, 11) is 1.91. The Kier molecular flexibility index (Phi) is 4.54. The zero-order valence-corrected chi connectivity index (χ0v) is 17.0. The van der Waals surface area contributed by atoms with Gasteiger partial charge in [-0.05, 0) is 37.5 Å². The lowest BCUT2D eigenvalue weighted by Crippen LogP contribution is -2.48. The molecule has 7 nitrogen and oxygen atoms in total. The van der Waals surface area contributed by atoms with Crippen LogP contribution in [0.2, 0.25) is 0 Å². The van der Waals surface area contributed by atoms with Crippen LogP contribution in [-0.2, 0) is 13.6 Å². The van der Waals surface area contributed by atoms with Crippen molar-refractivity contribution in [3.8, 4) is 0 Å². The van der Waals surface area contributed by atoms with Crippen LogP contribution >= 0.6 is 0 Å². The first-order chi connectivity index (χ1) is 14.1.